The molecule has 23 heavy (non-hydrogen) atoms. The fourth-order valence-corrected chi connectivity index (χ4v) is 2.28. The number of para-hydroxylation sites is 1. The predicted molar refractivity (Wildman–Crippen MR) is 75.8 cm³/mol. The van der Waals surface area contributed by atoms with Crippen LogP contribution in [0, 0.1) is 10.1 Å². The highest BCUT2D eigenvalue weighted by Gasteiger charge is 2.36. The zero-order valence-electron chi connectivity index (χ0n) is 11.3. The number of nitro groups is 1. The van der Waals surface area contributed by atoms with Gasteiger partial charge >= 0.3 is 6.18 Å². The number of nitro benzene ring substituents is 1. The summed E-state index contributed by atoms with van der Waals surface area (Å²) in [7, 11) is 0. The number of halogens is 3. The summed E-state index contributed by atoms with van der Waals surface area (Å²) in [6.07, 6.45) is -4.77. The predicted octanol–water partition coefficient (Wildman–Crippen LogP) is 3.92. The van der Waals surface area contributed by atoms with Crippen LogP contribution >= 0.6 is 0 Å². The number of rotatable bonds is 1. The van der Waals surface area contributed by atoms with Crippen molar-refractivity contribution in [2.45, 2.75) is 6.18 Å². The number of nitrogens with one attached hydrogen (secondary N) is 2. The van der Waals surface area contributed by atoms with Crippen LogP contribution in [0.15, 0.2) is 36.4 Å². The van der Waals surface area contributed by atoms with Crippen molar-refractivity contribution in [3.05, 3.63) is 57.6 Å². The number of carbonyl (C=O) groups is 1. The summed E-state index contributed by atoms with van der Waals surface area (Å²) in [5, 5.41) is 16.1. The normalized spacial score (nSPS) is 13.3. The highest BCUT2D eigenvalue weighted by atomic mass is 19.4. The third kappa shape index (κ3) is 2.56. The Bertz CT molecular complexity index is 834. The largest absolute Gasteiger partial charge is 0.416 e. The van der Waals surface area contributed by atoms with Gasteiger partial charge in [0.15, 0.2) is 0 Å². The minimum Gasteiger partial charge on any atom is -0.348 e. The monoisotopic (exact) mass is 323 g/mol. The maximum absolute atomic E-state index is 12.9. The molecule has 0 spiro atoms. The lowest BCUT2D eigenvalue weighted by atomic mass is 10.1. The molecule has 0 aliphatic carbocycles. The van der Waals surface area contributed by atoms with E-state index in [0.717, 1.165) is 0 Å². The molecule has 118 valence electrons. The third-order valence-electron chi connectivity index (χ3n) is 3.32. The van der Waals surface area contributed by atoms with Gasteiger partial charge in [0.2, 0.25) is 0 Å². The summed E-state index contributed by atoms with van der Waals surface area (Å²) >= 11 is 0. The molecule has 1 aliphatic heterocycles. The van der Waals surface area contributed by atoms with E-state index in [2.05, 4.69) is 10.6 Å². The Balaban J connectivity index is 2.25. The van der Waals surface area contributed by atoms with Gasteiger partial charge in [-0.1, -0.05) is 12.1 Å². The molecule has 2 N–H and O–H groups in total. The second-order valence-corrected chi connectivity index (χ2v) is 4.80. The smallest absolute Gasteiger partial charge is 0.348 e. The first-order valence-electron chi connectivity index (χ1n) is 6.34. The lowest BCUT2D eigenvalue weighted by molar-refractivity contribution is -0.384. The number of nitrogens with zero attached hydrogens (tertiary/aromatic N) is 1. The fourth-order valence-electron chi connectivity index (χ4n) is 2.28. The van der Waals surface area contributed by atoms with Gasteiger partial charge in [0.05, 0.1) is 27.4 Å². The number of hydrogen-bond donors (Lipinski definition) is 2. The number of anilines is 3. The van der Waals surface area contributed by atoms with Crippen LogP contribution in [-0.2, 0) is 6.18 Å². The van der Waals surface area contributed by atoms with E-state index < -0.39 is 28.3 Å². The van der Waals surface area contributed by atoms with Crippen molar-refractivity contribution >= 4 is 28.7 Å². The van der Waals surface area contributed by atoms with Crippen LogP contribution in [0.5, 0.6) is 0 Å². The van der Waals surface area contributed by atoms with Gasteiger partial charge in [-0.25, -0.2) is 0 Å². The van der Waals surface area contributed by atoms with E-state index in [1.54, 1.807) is 12.1 Å². The van der Waals surface area contributed by atoms with E-state index in [0.29, 0.717) is 12.1 Å². The molecule has 1 aliphatic rings. The van der Waals surface area contributed by atoms with E-state index >= 15 is 0 Å². The van der Waals surface area contributed by atoms with E-state index in [9.17, 15) is 28.1 Å². The molecular formula is C14H8F3N3O3. The summed E-state index contributed by atoms with van der Waals surface area (Å²) in [6.45, 7) is 0. The average molecular weight is 323 g/mol. The first-order chi connectivity index (χ1) is 10.8. The Hall–Kier alpha value is -3.10. The van der Waals surface area contributed by atoms with Crippen LogP contribution in [0.1, 0.15) is 15.9 Å². The molecular weight excluding hydrogens is 315 g/mol. The van der Waals surface area contributed by atoms with Crippen LogP contribution in [-0.4, -0.2) is 10.8 Å². The quantitative estimate of drug-likeness (QED) is 0.615. The molecule has 2 aromatic carbocycles. The molecule has 1 amide bonds. The Morgan fingerprint density at radius 1 is 1.04 bits per heavy atom. The molecule has 0 saturated carbocycles. The van der Waals surface area contributed by atoms with Crippen molar-refractivity contribution in [1.29, 1.82) is 0 Å². The van der Waals surface area contributed by atoms with E-state index in [4.69, 9.17) is 0 Å². The lowest BCUT2D eigenvalue weighted by Gasteiger charge is -2.13. The maximum atomic E-state index is 12.9. The summed E-state index contributed by atoms with van der Waals surface area (Å²) in [4.78, 5) is 22.3. The molecule has 0 radical (unpaired) electrons. The summed E-state index contributed by atoms with van der Waals surface area (Å²) in [5.74, 6) is -0.652. The van der Waals surface area contributed by atoms with Crippen LogP contribution in [0.4, 0.5) is 35.9 Å². The maximum Gasteiger partial charge on any atom is 0.416 e. The van der Waals surface area contributed by atoms with E-state index in [1.807, 2.05) is 0 Å². The molecule has 0 fully saturated rings. The number of alkyl halides is 3. The molecule has 0 unspecified atom stereocenters. The first kappa shape index (κ1) is 14.8. The first-order valence-corrected chi connectivity index (χ1v) is 6.34. The number of hydrogen-bond acceptors (Lipinski definition) is 4. The fraction of sp³-hybridized carbons (Fsp3) is 0.0714. The summed E-state index contributed by atoms with van der Waals surface area (Å²) in [6, 6.07) is 7.24. The number of fused-ring (bicyclic) bond motifs is 2. The van der Waals surface area contributed by atoms with Crippen molar-refractivity contribution in [2.75, 3.05) is 10.6 Å². The van der Waals surface area contributed by atoms with Gasteiger partial charge in [-0.2, -0.15) is 13.2 Å². The number of amides is 1. The molecule has 0 aromatic heterocycles. The Labute approximate surface area is 127 Å². The molecule has 9 heteroatoms. The van der Waals surface area contributed by atoms with Gasteiger partial charge < -0.3 is 10.6 Å². The average Bonchev–Trinajstić information content (AvgIpc) is 2.61. The second kappa shape index (κ2) is 4.97. The van der Waals surface area contributed by atoms with Crippen molar-refractivity contribution in [2.24, 2.45) is 0 Å². The molecule has 3 rings (SSSR count). The van der Waals surface area contributed by atoms with Gasteiger partial charge in [0, 0.05) is 6.07 Å². The molecule has 2 aromatic rings. The Morgan fingerprint density at radius 2 is 1.74 bits per heavy atom. The Morgan fingerprint density at radius 3 is 2.39 bits per heavy atom. The van der Waals surface area contributed by atoms with Gasteiger partial charge in [-0.15, -0.1) is 0 Å². The van der Waals surface area contributed by atoms with Crippen LogP contribution in [0.2, 0.25) is 0 Å². The van der Waals surface area contributed by atoms with Crippen LogP contribution < -0.4 is 10.6 Å². The second-order valence-electron chi connectivity index (χ2n) is 4.80. The molecule has 0 bridgehead atoms. The minimum atomic E-state index is -4.77. The van der Waals surface area contributed by atoms with Crippen LogP contribution in [0.25, 0.3) is 0 Å². The SMILES string of the molecule is O=C1Nc2cc(C(F)(F)F)cc([N+](=O)[O-])c2Nc2ccccc21. The highest BCUT2D eigenvalue weighted by Crippen LogP contribution is 2.43. The molecule has 0 atom stereocenters. The third-order valence-corrected chi connectivity index (χ3v) is 3.32. The van der Waals surface area contributed by atoms with Gasteiger partial charge in [-0.05, 0) is 18.2 Å². The van der Waals surface area contributed by atoms with E-state index in [1.165, 1.54) is 12.1 Å². The standard InChI is InChI=1S/C14H8F3N3O3/c15-14(16,17)7-5-10-12(11(6-7)20(22)23)18-9-4-2-1-3-8(9)13(21)19-10/h1-6,18H,(H,19,21). The van der Waals surface area contributed by atoms with Crippen molar-refractivity contribution < 1.29 is 22.9 Å². The Kier molecular flexibility index (Phi) is 3.20. The van der Waals surface area contributed by atoms with Gasteiger partial charge in [0.25, 0.3) is 11.6 Å². The zero-order valence-corrected chi connectivity index (χ0v) is 11.3. The van der Waals surface area contributed by atoms with Gasteiger partial charge in [-0.3, -0.25) is 14.9 Å². The molecule has 0 saturated heterocycles. The highest BCUT2D eigenvalue weighted by molar-refractivity contribution is 6.13. The van der Waals surface area contributed by atoms with Crippen LogP contribution in [0.3, 0.4) is 0 Å². The van der Waals surface area contributed by atoms with Crippen molar-refractivity contribution in [3.63, 3.8) is 0 Å². The topological polar surface area (TPSA) is 84.3 Å². The molecule has 1 heterocycles. The summed E-state index contributed by atoms with van der Waals surface area (Å²) < 4.78 is 38.7. The lowest BCUT2D eigenvalue weighted by Crippen LogP contribution is -2.12. The zero-order chi connectivity index (χ0) is 16.8. The molecule has 6 nitrogen and oxygen atoms in total. The minimum absolute atomic E-state index is 0.173. The number of benzene rings is 2. The van der Waals surface area contributed by atoms with Crippen molar-refractivity contribution in [1.82, 2.24) is 0 Å². The van der Waals surface area contributed by atoms with E-state index in [-0.39, 0.29) is 22.6 Å². The summed E-state index contributed by atoms with van der Waals surface area (Å²) in [5.41, 5.74) is -2.03. The number of carbonyl (C=O) groups excluding carboxylic acids is 1. The van der Waals surface area contributed by atoms with Gasteiger partial charge in [0.1, 0.15) is 5.69 Å². The van der Waals surface area contributed by atoms with Crippen molar-refractivity contribution in [3.8, 4) is 0 Å².